The summed E-state index contributed by atoms with van der Waals surface area (Å²) in [6.45, 7) is -0.934. The number of likely N-dealkylation sites (tertiary alicyclic amines) is 2. The molecular formula is C34H50B2N8O14S2. The largest absolute Gasteiger partial charge is 0.447 e. The Morgan fingerprint density at radius 1 is 0.650 bits per heavy atom. The van der Waals surface area contributed by atoms with E-state index >= 15 is 0 Å². The fraction of sp³-hybridized carbons (Fsp3) is 0.676. The smallest absolute Gasteiger partial charge is 0.406 e. The Morgan fingerprint density at radius 2 is 1.05 bits per heavy atom. The van der Waals surface area contributed by atoms with Crippen LogP contribution in [-0.4, -0.2) is 179 Å². The Kier molecular flexibility index (Phi) is 23.8. The lowest BCUT2D eigenvalue weighted by atomic mass is 9.92. The molecule has 0 bridgehead atoms. The lowest BCUT2D eigenvalue weighted by Gasteiger charge is -2.19. The lowest BCUT2D eigenvalue weighted by Crippen LogP contribution is -2.39. The molecule has 2 aliphatic heterocycles. The molecule has 2 fully saturated rings. The molecule has 0 aromatic heterocycles. The van der Waals surface area contributed by atoms with Crippen LogP contribution in [0.25, 0.3) is 0 Å². The van der Waals surface area contributed by atoms with Crippen molar-refractivity contribution in [2.45, 2.75) is 68.0 Å². The molecule has 4 radical (unpaired) electrons. The molecule has 0 aromatic carbocycles. The molecule has 6 N–H and O–H groups in total. The molecule has 0 aromatic rings. The van der Waals surface area contributed by atoms with Gasteiger partial charge in [0, 0.05) is 111 Å². The second-order valence-electron chi connectivity index (χ2n) is 13.2. The fourth-order valence-corrected chi connectivity index (χ4v) is 6.58. The third-order valence-electron chi connectivity index (χ3n) is 8.85. The van der Waals surface area contributed by atoms with Gasteiger partial charge >= 0.3 is 12.2 Å². The maximum atomic E-state index is 13.3. The zero-order chi connectivity index (χ0) is 44.6. The van der Waals surface area contributed by atoms with Gasteiger partial charge in [0.2, 0.25) is 47.3 Å². The van der Waals surface area contributed by atoms with Gasteiger partial charge in [0.1, 0.15) is 25.1 Å². The van der Waals surface area contributed by atoms with Gasteiger partial charge in [0.15, 0.2) is 14.2 Å². The second kappa shape index (κ2) is 27.8. The maximum Gasteiger partial charge on any atom is 0.406 e. The summed E-state index contributed by atoms with van der Waals surface area (Å²) < 4.78 is 15.6. The summed E-state index contributed by atoms with van der Waals surface area (Å²) in [5, 5.41) is 13.5. The third-order valence-corrected chi connectivity index (χ3v) is 10.2. The molecule has 328 valence electrons. The highest BCUT2D eigenvalue weighted by Gasteiger charge is 2.38. The van der Waals surface area contributed by atoms with Gasteiger partial charge < -0.3 is 46.1 Å². The van der Waals surface area contributed by atoms with Crippen molar-refractivity contribution < 1.29 is 67.0 Å². The second-order valence-corrected chi connectivity index (χ2v) is 14.9. The SMILES string of the molecule is [B]SC1CC(=O)N(CCC(=O)NCCNC(=O)CC(CC(=O)NCCNC(=O)CCN2C(=O)CC(S[B])C2=O)C(=O)CCCOC(COC(=O)NC)COC(=O)NC)C1=O. The molecule has 60 heavy (non-hydrogen) atoms. The van der Waals surface area contributed by atoms with Crippen LogP contribution in [0.2, 0.25) is 0 Å². The number of ether oxygens (including phenoxy) is 3. The molecule has 2 unspecified atom stereocenters. The van der Waals surface area contributed by atoms with Gasteiger partial charge in [-0.3, -0.25) is 53.0 Å². The van der Waals surface area contributed by atoms with Crippen LogP contribution < -0.4 is 31.9 Å². The summed E-state index contributed by atoms with van der Waals surface area (Å²) >= 11 is 1.53. The van der Waals surface area contributed by atoms with Crippen molar-refractivity contribution in [3.63, 3.8) is 0 Å². The third kappa shape index (κ3) is 18.6. The Morgan fingerprint density at radius 3 is 1.42 bits per heavy atom. The first kappa shape index (κ1) is 51.3. The summed E-state index contributed by atoms with van der Waals surface area (Å²) in [4.78, 5) is 137. The van der Waals surface area contributed by atoms with Crippen LogP contribution in [-0.2, 0) is 57.4 Å². The van der Waals surface area contributed by atoms with Crippen molar-refractivity contribution in [1.29, 1.82) is 0 Å². The van der Waals surface area contributed by atoms with Crippen LogP contribution in [0.4, 0.5) is 9.59 Å². The van der Waals surface area contributed by atoms with Crippen molar-refractivity contribution in [3.8, 4) is 0 Å². The molecule has 2 atom stereocenters. The molecule has 0 saturated carbocycles. The summed E-state index contributed by atoms with van der Waals surface area (Å²) in [5.74, 6) is -5.45. The van der Waals surface area contributed by atoms with Crippen LogP contribution in [0.5, 0.6) is 0 Å². The number of imide groups is 2. The monoisotopic (exact) mass is 880 g/mol. The summed E-state index contributed by atoms with van der Waals surface area (Å²) in [7, 11) is 13.6. The lowest BCUT2D eigenvalue weighted by molar-refractivity contribution is -0.140. The van der Waals surface area contributed by atoms with Gasteiger partial charge in [-0.05, 0) is 6.42 Å². The Labute approximate surface area is 357 Å². The molecule has 0 spiro atoms. The van der Waals surface area contributed by atoms with Crippen molar-refractivity contribution in [1.82, 2.24) is 41.7 Å². The molecule has 2 rings (SSSR count). The van der Waals surface area contributed by atoms with E-state index in [2.05, 4.69) is 31.9 Å². The quantitative estimate of drug-likeness (QED) is 0.0259. The summed E-state index contributed by atoms with van der Waals surface area (Å²) in [6, 6.07) is 0. The Balaban J connectivity index is 1.88. The Hall–Kier alpha value is -4.84. The Bertz CT molecular complexity index is 1480. The van der Waals surface area contributed by atoms with Crippen molar-refractivity contribution >= 4 is 103 Å². The van der Waals surface area contributed by atoms with E-state index in [-0.39, 0.29) is 97.6 Å². The maximum absolute atomic E-state index is 13.3. The minimum atomic E-state index is -1.09. The normalized spacial score (nSPS) is 16.6. The zero-order valence-corrected chi connectivity index (χ0v) is 35.0. The van der Waals surface area contributed by atoms with Crippen LogP contribution in [0.3, 0.4) is 0 Å². The summed E-state index contributed by atoms with van der Waals surface area (Å²) in [6.07, 6.45) is -3.56. The van der Waals surface area contributed by atoms with E-state index in [4.69, 9.17) is 28.5 Å². The van der Waals surface area contributed by atoms with E-state index in [1.165, 1.54) is 14.1 Å². The number of nitrogens with zero attached hydrogens (tertiary/aromatic N) is 2. The number of amides is 10. The van der Waals surface area contributed by atoms with Gasteiger partial charge in [-0.1, -0.05) is 0 Å². The van der Waals surface area contributed by atoms with E-state index in [9.17, 15) is 52.7 Å². The minimum Gasteiger partial charge on any atom is -0.447 e. The number of Topliss-reactive ketones (excluding diaryl/α,β-unsaturated/α-hetero) is 1. The zero-order valence-electron chi connectivity index (χ0n) is 33.4. The highest BCUT2D eigenvalue weighted by Crippen LogP contribution is 2.23. The average Bonchev–Trinajstić information content (AvgIpc) is 3.67. The molecule has 2 aliphatic rings. The minimum absolute atomic E-state index is 0.0116. The molecule has 26 heteroatoms. The predicted molar refractivity (Wildman–Crippen MR) is 216 cm³/mol. The van der Waals surface area contributed by atoms with Crippen molar-refractivity contribution in [2.24, 2.45) is 5.92 Å². The molecule has 10 amide bonds. The first-order chi connectivity index (χ1) is 28.6. The van der Waals surface area contributed by atoms with Crippen LogP contribution in [0.1, 0.15) is 51.4 Å². The van der Waals surface area contributed by atoms with Crippen LogP contribution in [0, 0.1) is 5.92 Å². The standard InChI is InChI=1S/C34H50B2N8O14S2/c1-37-33(54)57-18-21(19-58-34(55)38-2)56-13-3-4-22(45)20(14-27(48)41-9-7-39-25(46)5-11-43-29(50)16-23(59-35)31(43)52)15-28(49)42-10-8-40-26(47)6-12-44-30(51)17-24(60-36)32(44)53/h20-21,23-24H,3-19H2,1-2H3,(H,37,54)(H,38,55)(H,39,46)(H,40,47)(H,41,48)(H,42,49). The van der Waals surface area contributed by atoms with Crippen molar-refractivity contribution in [3.05, 3.63) is 0 Å². The van der Waals surface area contributed by atoms with E-state index in [1.54, 1.807) is 0 Å². The predicted octanol–water partition coefficient (Wildman–Crippen LogP) is -3.04. The van der Waals surface area contributed by atoms with Gasteiger partial charge in [-0.25, -0.2) is 32.8 Å². The molecule has 0 aliphatic carbocycles. The summed E-state index contributed by atoms with van der Waals surface area (Å²) in [5.41, 5.74) is 0. The molecular weight excluding hydrogens is 830 g/mol. The molecule has 2 saturated heterocycles. The fourth-order valence-electron chi connectivity index (χ4n) is 5.62. The van der Waals surface area contributed by atoms with Gasteiger partial charge in [0.05, 0.1) is 10.5 Å². The average molecular weight is 881 g/mol. The van der Waals surface area contributed by atoms with Crippen LogP contribution >= 0.6 is 23.2 Å². The van der Waals surface area contributed by atoms with E-state index in [0.29, 0.717) is 0 Å². The highest BCUT2D eigenvalue weighted by molar-refractivity contribution is 8.21. The number of alkyl carbamates (subject to hydrolysis) is 2. The van der Waals surface area contributed by atoms with Gasteiger partial charge in [0.25, 0.3) is 0 Å². The first-order valence-corrected chi connectivity index (χ1v) is 20.8. The number of hydrogen-bond acceptors (Lipinski definition) is 16. The molecule has 2 heterocycles. The number of hydrogen-bond donors (Lipinski definition) is 6. The topological polar surface area (TPSA) is 294 Å². The van der Waals surface area contributed by atoms with Crippen LogP contribution in [0.15, 0.2) is 0 Å². The molecule has 22 nitrogen and oxygen atoms in total. The van der Waals surface area contributed by atoms with E-state index < -0.39 is 101 Å². The number of carbonyl (C=O) groups excluding carboxylic acids is 11. The van der Waals surface area contributed by atoms with Crippen molar-refractivity contribution in [2.75, 3.05) is 73.2 Å². The van der Waals surface area contributed by atoms with Gasteiger partial charge in [-0.2, -0.15) is 0 Å². The first-order valence-electron chi connectivity index (χ1n) is 18.9. The number of ketones is 1. The number of carbonyl (C=O) groups is 11. The number of nitrogens with one attached hydrogen (secondary N) is 6. The van der Waals surface area contributed by atoms with E-state index in [1.807, 2.05) is 0 Å². The number of rotatable bonds is 28. The van der Waals surface area contributed by atoms with E-state index in [0.717, 1.165) is 33.0 Å². The van der Waals surface area contributed by atoms with Gasteiger partial charge in [-0.15, -0.1) is 0 Å². The highest BCUT2D eigenvalue weighted by atomic mass is 32.2.